The molecule has 102 valence electrons. The van der Waals surface area contributed by atoms with Crippen molar-refractivity contribution in [1.82, 2.24) is 0 Å². The van der Waals surface area contributed by atoms with Crippen LogP contribution in [0.4, 0.5) is 4.39 Å². The van der Waals surface area contributed by atoms with Crippen LogP contribution in [0.15, 0.2) is 18.2 Å². The molecule has 0 radical (unpaired) electrons. The fraction of sp³-hybridized carbons (Fsp3) is 0.600. The number of rotatable bonds is 5. The van der Waals surface area contributed by atoms with Gasteiger partial charge in [0, 0.05) is 6.04 Å². The van der Waals surface area contributed by atoms with Gasteiger partial charge in [0.25, 0.3) is 0 Å². The number of halogens is 1. The van der Waals surface area contributed by atoms with E-state index in [1.54, 1.807) is 6.07 Å². The van der Waals surface area contributed by atoms with Gasteiger partial charge in [-0.2, -0.15) is 0 Å². The van der Waals surface area contributed by atoms with E-state index in [2.05, 4.69) is 20.8 Å². The van der Waals surface area contributed by atoms with Crippen LogP contribution >= 0.6 is 0 Å². The molecule has 0 aliphatic heterocycles. The van der Waals surface area contributed by atoms with Crippen molar-refractivity contribution in [3.8, 4) is 5.75 Å². The van der Waals surface area contributed by atoms with Gasteiger partial charge in [0.05, 0.1) is 7.11 Å². The molecule has 0 saturated carbocycles. The molecule has 0 aliphatic carbocycles. The van der Waals surface area contributed by atoms with Gasteiger partial charge in [-0.3, -0.25) is 0 Å². The van der Waals surface area contributed by atoms with E-state index in [4.69, 9.17) is 10.5 Å². The highest BCUT2D eigenvalue weighted by molar-refractivity contribution is 5.29. The molecule has 3 heteroatoms. The molecule has 0 amide bonds. The molecule has 0 spiro atoms. The molecule has 1 aromatic rings. The van der Waals surface area contributed by atoms with E-state index >= 15 is 0 Å². The summed E-state index contributed by atoms with van der Waals surface area (Å²) in [5.74, 6) is -0.0416. The Labute approximate surface area is 109 Å². The van der Waals surface area contributed by atoms with Gasteiger partial charge in [0.2, 0.25) is 0 Å². The zero-order valence-electron chi connectivity index (χ0n) is 11.8. The average molecular weight is 253 g/mol. The number of hydrogen-bond donors (Lipinski definition) is 1. The maximum atomic E-state index is 13.5. The Morgan fingerprint density at radius 1 is 1.33 bits per heavy atom. The quantitative estimate of drug-likeness (QED) is 0.871. The lowest BCUT2D eigenvalue weighted by Crippen LogP contribution is -2.24. The van der Waals surface area contributed by atoms with Crippen LogP contribution in [0.5, 0.6) is 5.75 Å². The van der Waals surface area contributed by atoms with Crippen molar-refractivity contribution in [2.75, 3.05) is 7.11 Å². The molecule has 0 aromatic heterocycles. The van der Waals surface area contributed by atoms with Gasteiger partial charge in [-0.05, 0) is 42.4 Å². The summed E-state index contributed by atoms with van der Waals surface area (Å²) in [5, 5.41) is 0. The molecule has 0 fully saturated rings. The summed E-state index contributed by atoms with van der Waals surface area (Å²) in [4.78, 5) is 0. The van der Waals surface area contributed by atoms with Crippen LogP contribution in [0, 0.1) is 11.2 Å². The van der Waals surface area contributed by atoms with Gasteiger partial charge in [-0.15, -0.1) is 0 Å². The Balaban J connectivity index is 2.54. The van der Waals surface area contributed by atoms with Gasteiger partial charge in [-0.25, -0.2) is 4.39 Å². The third kappa shape index (κ3) is 5.05. The maximum absolute atomic E-state index is 13.5. The summed E-state index contributed by atoms with van der Waals surface area (Å²) in [7, 11) is 1.47. The van der Waals surface area contributed by atoms with E-state index < -0.39 is 0 Å². The summed E-state index contributed by atoms with van der Waals surface area (Å²) in [6, 6.07) is 5.12. The predicted molar refractivity (Wildman–Crippen MR) is 73.3 cm³/mol. The maximum Gasteiger partial charge on any atom is 0.165 e. The standard InChI is InChI=1S/C15H24FNO/c1-15(2,3)8-7-12(17)9-11-5-6-14(18-4)13(16)10-11/h5-6,10,12H,7-9,17H2,1-4H3. The summed E-state index contributed by atoms with van der Waals surface area (Å²) in [6.45, 7) is 6.60. The minimum absolute atomic E-state index is 0.0806. The zero-order chi connectivity index (χ0) is 13.8. The van der Waals surface area contributed by atoms with Gasteiger partial charge in [0.1, 0.15) is 0 Å². The molecule has 0 saturated heterocycles. The van der Waals surface area contributed by atoms with Crippen molar-refractivity contribution < 1.29 is 9.13 Å². The van der Waals surface area contributed by atoms with Gasteiger partial charge >= 0.3 is 0 Å². The smallest absolute Gasteiger partial charge is 0.165 e. The lowest BCUT2D eigenvalue weighted by atomic mass is 9.87. The van der Waals surface area contributed by atoms with Crippen molar-refractivity contribution in [2.24, 2.45) is 11.1 Å². The Bertz CT molecular complexity index is 385. The van der Waals surface area contributed by atoms with E-state index in [1.807, 2.05) is 6.07 Å². The SMILES string of the molecule is COc1ccc(CC(N)CCC(C)(C)C)cc1F. The number of benzene rings is 1. The first-order chi connectivity index (χ1) is 8.31. The molecular weight excluding hydrogens is 229 g/mol. The minimum Gasteiger partial charge on any atom is -0.494 e. The minimum atomic E-state index is -0.321. The van der Waals surface area contributed by atoms with E-state index in [0.29, 0.717) is 11.8 Å². The molecule has 1 rings (SSSR count). The van der Waals surface area contributed by atoms with E-state index in [-0.39, 0.29) is 17.6 Å². The highest BCUT2D eigenvalue weighted by Gasteiger charge is 2.13. The van der Waals surface area contributed by atoms with E-state index in [9.17, 15) is 4.39 Å². The third-order valence-electron chi connectivity index (χ3n) is 2.98. The highest BCUT2D eigenvalue weighted by Crippen LogP contribution is 2.23. The van der Waals surface area contributed by atoms with Crippen LogP contribution in [0.1, 0.15) is 39.2 Å². The van der Waals surface area contributed by atoms with Crippen molar-refractivity contribution >= 4 is 0 Å². The first-order valence-electron chi connectivity index (χ1n) is 6.40. The molecule has 1 aromatic carbocycles. The molecule has 18 heavy (non-hydrogen) atoms. The van der Waals surface area contributed by atoms with Crippen molar-refractivity contribution in [3.63, 3.8) is 0 Å². The highest BCUT2D eigenvalue weighted by atomic mass is 19.1. The number of methoxy groups -OCH3 is 1. The van der Waals surface area contributed by atoms with Crippen LogP contribution in [-0.2, 0) is 6.42 Å². The molecule has 1 atom stereocenters. The van der Waals surface area contributed by atoms with Crippen LogP contribution in [0.2, 0.25) is 0 Å². The molecule has 0 heterocycles. The second-order valence-electron chi connectivity index (χ2n) is 6.03. The molecule has 0 aliphatic rings. The number of nitrogens with two attached hydrogens (primary N) is 1. The molecule has 0 bridgehead atoms. The van der Waals surface area contributed by atoms with Crippen LogP contribution in [0.3, 0.4) is 0 Å². The van der Waals surface area contributed by atoms with Gasteiger partial charge in [0.15, 0.2) is 11.6 Å². The van der Waals surface area contributed by atoms with Gasteiger partial charge in [-0.1, -0.05) is 26.8 Å². The first kappa shape index (κ1) is 15.0. The third-order valence-corrected chi connectivity index (χ3v) is 2.98. The molecule has 1 unspecified atom stereocenters. The van der Waals surface area contributed by atoms with Crippen molar-refractivity contribution in [3.05, 3.63) is 29.6 Å². The second-order valence-corrected chi connectivity index (χ2v) is 6.03. The average Bonchev–Trinajstić information content (AvgIpc) is 2.26. The second kappa shape index (κ2) is 6.19. The summed E-state index contributed by atoms with van der Waals surface area (Å²) < 4.78 is 18.4. The fourth-order valence-corrected chi connectivity index (χ4v) is 1.86. The van der Waals surface area contributed by atoms with Crippen molar-refractivity contribution in [1.29, 1.82) is 0 Å². The van der Waals surface area contributed by atoms with Crippen LogP contribution < -0.4 is 10.5 Å². The fourth-order valence-electron chi connectivity index (χ4n) is 1.86. The predicted octanol–water partition coefficient (Wildman–Crippen LogP) is 3.53. The summed E-state index contributed by atoms with van der Waals surface area (Å²) >= 11 is 0. The Morgan fingerprint density at radius 3 is 2.50 bits per heavy atom. The Morgan fingerprint density at radius 2 is 2.00 bits per heavy atom. The summed E-state index contributed by atoms with van der Waals surface area (Å²) in [6.07, 6.45) is 2.74. The molecule has 2 nitrogen and oxygen atoms in total. The summed E-state index contributed by atoms with van der Waals surface area (Å²) in [5.41, 5.74) is 7.30. The van der Waals surface area contributed by atoms with E-state index in [0.717, 1.165) is 18.4 Å². The first-order valence-corrected chi connectivity index (χ1v) is 6.40. The number of ether oxygens (including phenoxy) is 1. The Kier molecular flexibility index (Phi) is 5.15. The van der Waals surface area contributed by atoms with Gasteiger partial charge < -0.3 is 10.5 Å². The topological polar surface area (TPSA) is 35.2 Å². The Hall–Kier alpha value is -1.09. The van der Waals surface area contributed by atoms with Crippen molar-refractivity contribution in [2.45, 2.75) is 46.1 Å². The lowest BCUT2D eigenvalue weighted by Gasteiger charge is -2.21. The normalized spacial score (nSPS) is 13.4. The van der Waals surface area contributed by atoms with E-state index in [1.165, 1.54) is 13.2 Å². The monoisotopic (exact) mass is 253 g/mol. The lowest BCUT2D eigenvalue weighted by molar-refractivity contribution is 0.347. The largest absolute Gasteiger partial charge is 0.494 e. The van der Waals surface area contributed by atoms with Crippen LogP contribution in [-0.4, -0.2) is 13.2 Å². The van der Waals surface area contributed by atoms with Crippen LogP contribution in [0.25, 0.3) is 0 Å². The molecule has 2 N–H and O–H groups in total. The zero-order valence-corrected chi connectivity index (χ0v) is 11.8. The molecular formula is C15H24FNO. The number of hydrogen-bond acceptors (Lipinski definition) is 2.